The van der Waals surface area contributed by atoms with Gasteiger partial charge in [0.2, 0.25) is 11.8 Å². The molecule has 0 unspecified atom stereocenters. The van der Waals surface area contributed by atoms with E-state index in [9.17, 15) is 4.79 Å². The van der Waals surface area contributed by atoms with Gasteiger partial charge in [-0.25, -0.2) is 4.98 Å². The van der Waals surface area contributed by atoms with E-state index in [-0.39, 0.29) is 5.91 Å². The van der Waals surface area contributed by atoms with Crippen LogP contribution < -0.4 is 10.1 Å². The number of anilines is 1. The van der Waals surface area contributed by atoms with Crippen LogP contribution in [0.25, 0.3) is 11.3 Å². The average Bonchev–Trinajstić information content (AvgIpc) is 3.23. The lowest BCUT2D eigenvalue weighted by atomic mass is 10.2. The minimum atomic E-state index is -0.304. The minimum absolute atomic E-state index is 0.304. The number of aromatic nitrogens is 5. The van der Waals surface area contributed by atoms with Crippen LogP contribution in [0.15, 0.2) is 30.5 Å². The summed E-state index contributed by atoms with van der Waals surface area (Å²) in [5.41, 5.74) is 1.76. The van der Waals surface area contributed by atoms with E-state index in [1.54, 1.807) is 13.3 Å². The van der Waals surface area contributed by atoms with E-state index in [4.69, 9.17) is 4.74 Å². The number of imidazole rings is 1. The highest BCUT2D eigenvalue weighted by atomic mass is 16.5. The van der Waals surface area contributed by atoms with E-state index in [1.165, 1.54) is 0 Å². The molecule has 0 bridgehead atoms. The molecule has 1 aromatic carbocycles. The average molecular weight is 352 g/mol. The largest absolute Gasteiger partial charge is 0.497 e. The number of hydrogen-bond acceptors (Lipinski definition) is 5. The molecule has 26 heavy (non-hydrogen) atoms. The molecule has 8 heteroatoms. The summed E-state index contributed by atoms with van der Waals surface area (Å²) in [6.45, 7) is 0.778. The number of carbonyl (C=O) groups is 1. The first-order valence-corrected chi connectivity index (χ1v) is 8.67. The monoisotopic (exact) mass is 352 g/mol. The summed E-state index contributed by atoms with van der Waals surface area (Å²) in [5, 5.41) is 11.0. The van der Waals surface area contributed by atoms with Crippen LogP contribution in [-0.2, 0) is 13.0 Å². The van der Waals surface area contributed by atoms with Gasteiger partial charge in [-0.15, -0.1) is 10.2 Å². The number of nitrogens with one attached hydrogen (secondary N) is 2. The molecule has 0 fully saturated rings. The number of aryl methyl sites for hydroxylation is 1. The quantitative estimate of drug-likeness (QED) is 0.752. The smallest absolute Gasteiger partial charge is 0.295 e. The number of benzene rings is 1. The van der Waals surface area contributed by atoms with Crippen LogP contribution in [-0.4, -0.2) is 37.7 Å². The fraction of sp³-hybridized carbons (Fsp3) is 0.333. The lowest BCUT2D eigenvalue weighted by molar-refractivity contribution is 0.101. The van der Waals surface area contributed by atoms with Crippen molar-refractivity contribution < 1.29 is 9.53 Å². The van der Waals surface area contributed by atoms with E-state index in [0.717, 1.165) is 55.1 Å². The summed E-state index contributed by atoms with van der Waals surface area (Å²) in [5.74, 6) is 2.08. The lowest BCUT2D eigenvalue weighted by Gasteiger charge is -2.06. The van der Waals surface area contributed by atoms with Gasteiger partial charge in [-0.1, -0.05) is 6.42 Å². The van der Waals surface area contributed by atoms with Crippen molar-refractivity contribution in [3.8, 4) is 17.0 Å². The van der Waals surface area contributed by atoms with E-state index >= 15 is 0 Å². The fourth-order valence-electron chi connectivity index (χ4n) is 3.12. The Balaban J connectivity index is 1.50. The van der Waals surface area contributed by atoms with Crippen LogP contribution in [0.1, 0.15) is 35.7 Å². The Labute approximate surface area is 150 Å². The molecule has 1 aliphatic heterocycles. The molecule has 0 atom stereocenters. The molecule has 0 spiro atoms. The summed E-state index contributed by atoms with van der Waals surface area (Å²) in [7, 11) is 1.63. The number of ether oxygens (including phenoxy) is 1. The zero-order chi connectivity index (χ0) is 17.9. The predicted octanol–water partition coefficient (Wildman–Crippen LogP) is 2.66. The highest BCUT2D eigenvalue weighted by Gasteiger charge is 2.21. The maximum atomic E-state index is 12.6. The first-order chi connectivity index (χ1) is 12.7. The molecule has 0 radical (unpaired) electrons. The van der Waals surface area contributed by atoms with Gasteiger partial charge < -0.3 is 14.3 Å². The number of aromatic amines is 1. The van der Waals surface area contributed by atoms with Gasteiger partial charge in [0.15, 0.2) is 0 Å². The van der Waals surface area contributed by atoms with Crippen LogP contribution in [0.5, 0.6) is 5.75 Å². The summed E-state index contributed by atoms with van der Waals surface area (Å²) in [6.07, 6.45) is 5.81. The molecule has 0 aliphatic carbocycles. The lowest BCUT2D eigenvalue weighted by Crippen LogP contribution is -2.19. The Kier molecular flexibility index (Phi) is 4.39. The number of H-pyrrole nitrogens is 1. The van der Waals surface area contributed by atoms with Crippen molar-refractivity contribution in [3.63, 3.8) is 0 Å². The molecule has 1 amide bonds. The van der Waals surface area contributed by atoms with Crippen LogP contribution in [0.2, 0.25) is 0 Å². The summed E-state index contributed by atoms with van der Waals surface area (Å²) in [4.78, 5) is 19.9. The second-order valence-corrected chi connectivity index (χ2v) is 6.23. The van der Waals surface area contributed by atoms with Gasteiger partial charge in [0.25, 0.3) is 5.91 Å². The zero-order valence-electron chi connectivity index (χ0n) is 14.5. The van der Waals surface area contributed by atoms with Gasteiger partial charge in [0.05, 0.1) is 19.0 Å². The van der Waals surface area contributed by atoms with E-state index in [2.05, 4.69) is 25.5 Å². The molecular formula is C18H20N6O2. The van der Waals surface area contributed by atoms with Crippen molar-refractivity contribution in [2.45, 2.75) is 32.2 Å². The van der Waals surface area contributed by atoms with Crippen molar-refractivity contribution >= 4 is 11.9 Å². The van der Waals surface area contributed by atoms with Gasteiger partial charge in [0.1, 0.15) is 11.6 Å². The highest BCUT2D eigenvalue weighted by Crippen LogP contribution is 2.22. The molecule has 0 saturated carbocycles. The fourth-order valence-corrected chi connectivity index (χ4v) is 3.12. The maximum Gasteiger partial charge on any atom is 0.295 e. The summed E-state index contributed by atoms with van der Waals surface area (Å²) >= 11 is 0. The first-order valence-electron chi connectivity index (χ1n) is 8.67. The Bertz CT molecular complexity index is 912. The minimum Gasteiger partial charge on any atom is -0.497 e. The number of rotatable bonds is 4. The first kappa shape index (κ1) is 16.3. The topological polar surface area (TPSA) is 97.7 Å². The molecule has 134 valence electrons. The summed E-state index contributed by atoms with van der Waals surface area (Å²) < 4.78 is 7.07. The van der Waals surface area contributed by atoms with Crippen molar-refractivity contribution in [2.24, 2.45) is 0 Å². The maximum absolute atomic E-state index is 12.6. The number of carbonyl (C=O) groups excluding carboxylic acids is 1. The standard InChI is InChI=1S/C18H20N6O2/c1-26-13-8-6-12(7-9-13)14-11-19-18(20-14)21-17(25)16-23-22-15-5-3-2-4-10-24(15)16/h6-9,11H,2-5,10H2,1H3,(H2,19,20,21,25). The Morgan fingerprint density at radius 3 is 2.85 bits per heavy atom. The van der Waals surface area contributed by atoms with Crippen LogP contribution in [0.4, 0.5) is 5.95 Å². The third-order valence-electron chi connectivity index (χ3n) is 4.52. The third kappa shape index (κ3) is 3.17. The van der Waals surface area contributed by atoms with E-state index in [0.29, 0.717) is 11.8 Å². The predicted molar refractivity (Wildman–Crippen MR) is 96.1 cm³/mol. The SMILES string of the molecule is COc1ccc(-c2cnc(NC(=O)c3nnc4n3CCCCC4)[nH]2)cc1. The van der Waals surface area contributed by atoms with Crippen LogP contribution in [0.3, 0.4) is 0 Å². The molecule has 4 rings (SSSR count). The number of methoxy groups -OCH3 is 1. The summed E-state index contributed by atoms with van der Waals surface area (Å²) in [6, 6.07) is 7.60. The second kappa shape index (κ2) is 6.99. The normalized spacial score (nSPS) is 13.7. The van der Waals surface area contributed by atoms with Crippen molar-refractivity contribution in [1.82, 2.24) is 24.7 Å². The van der Waals surface area contributed by atoms with Crippen LogP contribution >= 0.6 is 0 Å². The molecule has 0 saturated heterocycles. The molecular weight excluding hydrogens is 332 g/mol. The molecule has 1 aliphatic rings. The van der Waals surface area contributed by atoms with Crippen LogP contribution in [0, 0.1) is 0 Å². The Morgan fingerprint density at radius 1 is 1.19 bits per heavy atom. The van der Waals surface area contributed by atoms with Crippen molar-refractivity contribution in [1.29, 1.82) is 0 Å². The number of amides is 1. The van der Waals surface area contributed by atoms with Crippen molar-refractivity contribution in [2.75, 3.05) is 12.4 Å². The third-order valence-corrected chi connectivity index (χ3v) is 4.52. The highest BCUT2D eigenvalue weighted by molar-refractivity contribution is 6.00. The van der Waals surface area contributed by atoms with Gasteiger partial charge in [-0.3, -0.25) is 10.1 Å². The van der Waals surface area contributed by atoms with E-state index in [1.807, 2.05) is 28.8 Å². The van der Waals surface area contributed by atoms with Crippen molar-refractivity contribution in [3.05, 3.63) is 42.1 Å². The number of fused-ring (bicyclic) bond motifs is 1. The zero-order valence-corrected chi connectivity index (χ0v) is 14.5. The number of nitrogens with zero attached hydrogens (tertiary/aromatic N) is 4. The number of hydrogen-bond donors (Lipinski definition) is 2. The molecule has 3 heterocycles. The van der Waals surface area contributed by atoms with E-state index < -0.39 is 0 Å². The molecule has 2 N–H and O–H groups in total. The van der Waals surface area contributed by atoms with Gasteiger partial charge in [0, 0.05) is 13.0 Å². The van der Waals surface area contributed by atoms with Gasteiger partial charge >= 0.3 is 0 Å². The van der Waals surface area contributed by atoms with Gasteiger partial charge in [-0.05, 0) is 42.7 Å². The molecule has 2 aromatic heterocycles. The Morgan fingerprint density at radius 2 is 2.04 bits per heavy atom. The molecule has 3 aromatic rings. The van der Waals surface area contributed by atoms with Gasteiger partial charge in [-0.2, -0.15) is 0 Å². The molecule has 8 nitrogen and oxygen atoms in total. The Hall–Kier alpha value is -3.16. The second-order valence-electron chi connectivity index (χ2n) is 6.23.